The number of allylic oxidation sites excluding steroid dienone is 2. The molecule has 0 bridgehead atoms. The first kappa shape index (κ1) is 24.6. The molecule has 2 aliphatic carbocycles. The van der Waals surface area contributed by atoms with Crippen LogP contribution >= 0.6 is 39.1 Å². The van der Waals surface area contributed by atoms with Gasteiger partial charge in [-0.05, 0) is 43.4 Å². The van der Waals surface area contributed by atoms with Crippen molar-refractivity contribution in [2.45, 2.75) is 35.4 Å². The van der Waals surface area contributed by atoms with Gasteiger partial charge in [-0.1, -0.05) is 33.6 Å². The zero-order chi connectivity index (χ0) is 25.4. The lowest BCUT2D eigenvalue weighted by Gasteiger charge is -2.50. The number of methoxy groups -OCH3 is 1. The fraction of sp³-hybridized carbons (Fsp3) is 0.500. The topological polar surface area (TPSA) is 104 Å². The zero-order valence-corrected chi connectivity index (χ0v) is 22.1. The number of carbonyl (C=O) groups excluding carboxylic acids is 4. The number of phenols is 1. The van der Waals surface area contributed by atoms with E-state index in [9.17, 15) is 24.3 Å². The summed E-state index contributed by atoms with van der Waals surface area (Å²) < 4.78 is 5.28. The number of rotatable bonds is 4. The molecule has 6 atom stereocenters. The number of amides is 4. The van der Waals surface area contributed by atoms with Crippen molar-refractivity contribution < 1.29 is 29.0 Å². The van der Waals surface area contributed by atoms with Gasteiger partial charge >= 0.3 is 0 Å². The fourth-order valence-electron chi connectivity index (χ4n) is 6.38. The number of ether oxygens (including phenoxy) is 1. The summed E-state index contributed by atoms with van der Waals surface area (Å²) in [5, 5.41) is 10.2. The van der Waals surface area contributed by atoms with Crippen molar-refractivity contribution in [1.29, 1.82) is 0 Å². The number of alkyl halides is 3. The van der Waals surface area contributed by atoms with Crippen molar-refractivity contribution in [3.63, 3.8) is 0 Å². The van der Waals surface area contributed by atoms with Crippen molar-refractivity contribution in [1.82, 2.24) is 9.80 Å². The summed E-state index contributed by atoms with van der Waals surface area (Å²) in [7, 11) is 1.40. The normalized spacial score (nSPS) is 36.2. The monoisotopic (exact) mass is 584 g/mol. The number of hydrogen-bond donors (Lipinski definition) is 1. The summed E-state index contributed by atoms with van der Waals surface area (Å²) in [6.07, 6.45) is 2.13. The molecule has 1 N–H and O–H groups in total. The molecule has 1 aromatic rings. The average molecular weight is 586 g/mol. The predicted octanol–water partition coefficient (Wildman–Crippen LogP) is 3.13. The highest BCUT2D eigenvalue weighted by molar-refractivity contribution is 9.09. The number of nitrogens with zero attached hydrogens (tertiary/aromatic N) is 2. The number of fused-ring (bicyclic) bond motifs is 4. The van der Waals surface area contributed by atoms with E-state index in [-0.39, 0.29) is 41.7 Å². The molecule has 1 aromatic carbocycles. The second kappa shape index (κ2) is 8.21. The molecule has 3 fully saturated rings. The van der Waals surface area contributed by atoms with Gasteiger partial charge in [-0.3, -0.25) is 29.0 Å². The third-order valence-corrected chi connectivity index (χ3v) is 9.87. The molecule has 0 aromatic heterocycles. The Labute approximate surface area is 220 Å². The average Bonchev–Trinajstić information content (AvgIpc) is 3.17. The van der Waals surface area contributed by atoms with Gasteiger partial charge < -0.3 is 9.84 Å². The highest BCUT2D eigenvalue weighted by atomic mass is 79.9. The van der Waals surface area contributed by atoms with E-state index in [1.165, 1.54) is 18.1 Å². The van der Waals surface area contributed by atoms with Crippen LogP contribution in [0.3, 0.4) is 0 Å². The van der Waals surface area contributed by atoms with Crippen LogP contribution in [0.5, 0.6) is 11.5 Å². The van der Waals surface area contributed by atoms with Crippen LogP contribution in [0.2, 0.25) is 0 Å². The maximum Gasteiger partial charge on any atom is 0.254 e. The Morgan fingerprint density at radius 3 is 2.46 bits per heavy atom. The lowest BCUT2D eigenvalue weighted by molar-refractivity contribution is -0.141. The Bertz CT molecular complexity index is 1210. The molecule has 0 spiro atoms. The molecule has 11 heteroatoms. The summed E-state index contributed by atoms with van der Waals surface area (Å²) in [5.74, 6) is -4.45. The molecule has 8 nitrogen and oxygen atoms in total. The van der Waals surface area contributed by atoms with Gasteiger partial charge in [-0.15, -0.1) is 23.2 Å². The molecule has 4 aliphatic rings. The Hall–Kier alpha value is -2.10. The number of aromatic hydroxyl groups is 1. The first-order valence-electron chi connectivity index (χ1n) is 11.3. The second-order valence-corrected chi connectivity index (χ2v) is 11.1. The molecule has 5 rings (SSSR count). The second-order valence-electron chi connectivity index (χ2n) is 9.34. The number of likely N-dealkylation sites (tertiary alicyclic amines) is 2. The summed E-state index contributed by atoms with van der Waals surface area (Å²) in [6.45, 7) is 2.00. The van der Waals surface area contributed by atoms with Crippen LogP contribution in [-0.4, -0.2) is 67.4 Å². The number of halogens is 3. The predicted molar refractivity (Wildman–Crippen MR) is 130 cm³/mol. The number of carbonyl (C=O) groups is 4. The van der Waals surface area contributed by atoms with E-state index in [0.717, 1.165) is 4.90 Å². The van der Waals surface area contributed by atoms with Crippen LogP contribution < -0.4 is 4.74 Å². The fourth-order valence-corrected chi connectivity index (χ4v) is 7.80. The molecule has 6 unspecified atom stereocenters. The van der Waals surface area contributed by atoms with Crippen LogP contribution in [0.15, 0.2) is 29.8 Å². The van der Waals surface area contributed by atoms with Crippen molar-refractivity contribution in [3.05, 3.63) is 35.4 Å². The maximum atomic E-state index is 13.7. The number of hydrogen-bond acceptors (Lipinski definition) is 6. The maximum absolute atomic E-state index is 13.7. The number of phenolic OH excluding ortho intramolecular Hbond substituents is 1. The minimum atomic E-state index is -1.88. The quantitative estimate of drug-likeness (QED) is 0.252. The van der Waals surface area contributed by atoms with Crippen molar-refractivity contribution in [2.24, 2.45) is 17.8 Å². The molecule has 186 valence electrons. The molecule has 1 saturated carbocycles. The van der Waals surface area contributed by atoms with E-state index < -0.39 is 45.2 Å². The van der Waals surface area contributed by atoms with Gasteiger partial charge in [0.1, 0.15) is 0 Å². The van der Waals surface area contributed by atoms with Crippen molar-refractivity contribution in [2.75, 3.05) is 19.1 Å². The van der Waals surface area contributed by atoms with E-state index in [1.54, 1.807) is 19.1 Å². The van der Waals surface area contributed by atoms with Crippen molar-refractivity contribution >= 4 is 62.8 Å². The molecular weight excluding hydrogens is 563 g/mol. The van der Waals surface area contributed by atoms with E-state index in [0.29, 0.717) is 17.6 Å². The summed E-state index contributed by atoms with van der Waals surface area (Å²) in [5.41, 5.74) is 1.12. The van der Waals surface area contributed by atoms with Gasteiger partial charge in [0, 0.05) is 12.5 Å². The molecule has 2 aliphatic heterocycles. The first-order valence-corrected chi connectivity index (χ1v) is 13.2. The van der Waals surface area contributed by atoms with Gasteiger partial charge in [-0.2, -0.15) is 0 Å². The zero-order valence-electron chi connectivity index (χ0n) is 19.0. The minimum absolute atomic E-state index is 0.0541. The van der Waals surface area contributed by atoms with Crippen LogP contribution in [0, 0.1) is 17.8 Å². The molecule has 35 heavy (non-hydrogen) atoms. The molecule has 4 amide bonds. The molecule has 2 heterocycles. The Kier molecular flexibility index (Phi) is 5.77. The van der Waals surface area contributed by atoms with E-state index in [4.69, 9.17) is 27.9 Å². The molecule has 0 radical (unpaired) electrons. The van der Waals surface area contributed by atoms with Crippen LogP contribution in [0.1, 0.15) is 31.2 Å². The standard InChI is InChI=1S/C24H23BrCl2N2O6/c1-3-28-19(31)13-6-5-12-14(17(13)20(28)32)9-23(26)21(33)29(10-25)22(34)24(23,27)18(12)11-4-7-15(30)16(8-11)35-2/h4-5,7-8,13-14,17-18,30H,3,6,9-10H2,1-2H3. The lowest BCUT2D eigenvalue weighted by Crippen LogP contribution is -2.60. The van der Waals surface area contributed by atoms with E-state index in [1.807, 2.05) is 6.08 Å². The third kappa shape index (κ3) is 2.98. The van der Waals surface area contributed by atoms with Gasteiger partial charge in [0.15, 0.2) is 21.2 Å². The highest BCUT2D eigenvalue weighted by Crippen LogP contribution is 2.65. The largest absolute Gasteiger partial charge is 0.504 e. The Balaban J connectivity index is 1.74. The number of imide groups is 2. The Morgan fingerprint density at radius 1 is 1.11 bits per heavy atom. The SMILES string of the molecule is CCN1C(=O)C2CC=C3C(CC4(Cl)C(=O)N(CBr)C(=O)C4(Cl)C3c3ccc(O)c(OC)c3)C2C1=O. The highest BCUT2D eigenvalue weighted by Gasteiger charge is 2.76. The van der Waals surface area contributed by atoms with Crippen LogP contribution in [-0.2, 0) is 19.2 Å². The van der Waals surface area contributed by atoms with Crippen LogP contribution in [0.4, 0.5) is 0 Å². The van der Waals surface area contributed by atoms with Crippen LogP contribution in [0.25, 0.3) is 0 Å². The van der Waals surface area contributed by atoms with Gasteiger partial charge in [0.25, 0.3) is 11.8 Å². The summed E-state index contributed by atoms with van der Waals surface area (Å²) in [6, 6.07) is 4.59. The molecule has 2 saturated heterocycles. The summed E-state index contributed by atoms with van der Waals surface area (Å²) >= 11 is 17.4. The number of benzene rings is 1. The smallest absolute Gasteiger partial charge is 0.254 e. The Morgan fingerprint density at radius 2 is 1.83 bits per heavy atom. The van der Waals surface area contributed by atoms with Gasteiger partial charge in [0.2, 0.25) is 11.8 Å². The van der Waals surface area contributed by atoms with Crippen molar-refractivity contribution in [3.8, 4) is 11.5 Å². The summed E-state index contributed by atoms with van der Waals surface area (Å²) in [4.78, 5) is 52.0. The minimum Gasteiger partial charge on any atom is -0.504 e. The first-order chi connectivity index (χ1) is 16.6. The van der Waals surface area contributed by atoms with Gasteiger partial charge in [0.05, 0.1) is 24.4 Å². The van der Waals surface area contributed by atoms with E-state index in [2.05, 4.69) is 15.9 Å². The van der Waals surface area contributed by atoms with E-state index >= 15 is 0 Å². The van der Waals surface area contributed by atoms with Gasteiger partial charge in [-0.25, -0.2) is 0 Å². The third-order valence-electron chi connectivity index (χ3n) is 7.96. The lowest BCUT2D eigenvalue weighted by atomic mass is 9.56. The molecular formula is C24H23BrCl2N2O6.